The van der Waals surface area contributed by atoms with E-state index in [1.165, 1.54) is 12.0 Å². The Kier molecular flexibility index (Phi) is 27.1. The van der Waals surface area contributed by atoms with E-state index in [-0.39, 0.29) is 55.7 Å². The highest BCUT2D eigenvalue weighted by Gasteiger charge is 2.35. The number of amides is 5. The molecule has 0 aromatic heterocycles. The Bertz CT molecular complexity index is 867. The molecular formula is C29H53N5O10S. The smallest absolute Gasteiger partial charge is 0.245 e. The van der Waals surface area contributed by atoms with Gasteiger partial charge in [-0.2, -0.15) is 18.1 Å². The van der Waals surface area contributed by atoms with Gasteiger partial charge in [0.15, 0.2) is 0 Å². The summed E-state index contributed by atoms with van der Waals surface area (Å²) < 4.78 is 16.1. The van der Waals surface area contributed by atoms with Crippen molar-refractivity contribution in [1.82, 2.24) is 26.3 Å². The van der Waals surface area contributed by atoms with Crippen molar-refractivity contribution in [2.45, 2.75) is 76.5 Å². The lowest BCUT2D eigenvalue weighted by Gasteiger charge is -2.16. The maximum atomic E-state index is 11.9. The zero-order valence-corrected chi connectivity index (χ0v) is 27.8. The van der Waals surface area contributed by atoms with E-state index in [2.05, 4.69) is 34.1 Å². The van der Waals surface area contributed by atoms with E-state index < -0.39 is 11.3 Å². The maximum absolute atomic E-state index is 11.9. The average molecular weight is 664 g/mol. The third kappa shape index (κ3) is 21.7. The van der Waals surface area contributed by atoms with Gasteiger partial charge in [0, 0.05) is 32.5 Å². The van der Waals surface area contributed by atoms with Gasteiger partial charge in [-0.05, 0) is 32.1 Å². The van der Waals surface area contributed by atoms with Gasteiger partial charge >= 0.3 is 0 Å². The second-order valence-corrected chi connectivity index (χ2v) is 10.3. The number of nitrogens with zero attached hydrogens (tertiary/aromatic N) is 1. The van der Waals surface area contributed by atoms with E-state index in [1.54, 1.807) is 0 Å². The zero-order chi connectivity index (χ0) is 33.7. The molecule has 1 fully saturated rings. The van der Waals surface area contributed by atoms with Gasteiger partial charge in [0.2, 0.25) is 29.5 Å². The summed E-state index contributed by atoms with van der Waals surface area (Å²) in [4.78, 5) is 75.6. The van der Waals surface area contributed by atoms with Crippen LogP contribution in [0.2, 0.25) is 0 Å². The Balaban J connectivity index is 0.00000947. The molecule has 0 saturated carbocycles. The zero-order valence-electron chi connectivity index (χ0n) is 26.9. The maximum Gasteiger partial charge on any atom is 0.245 e. The molecule has 0 bridgehead atoms. The predicted molar refractivity (Wildman–Crippen MR) is 169 cm³/mol. The minimum atomic E-state index is -0.584. The van der Waals surface area contributed by atoms with Gasteiger partial charge in [-0.25, -0.2) is 0 Å². The summed E-state index contributed by atoms with van der Waals surface area (Å²) in [7, 11) is 1.41. The molecule has 2 unspecified atom stereocenters. The fourth-order valence-corrected chi connectivity index (χ4v) is 4.29. The number of ether oxygens (including phenoxy) is 3. The molecule has 16 heteroatoms. The standard InChI is InChI=1S/C27H47N5O10S.C2H6/c1-39-31-21(26(37)30-10-13-33)7-4-5-9-28-24(35)20-42-18-17-41-16-15-40-14-11-29-23(34)8-3-2-6-12-32-25(36)19-22(43)27(32)38;1-2/h13,21-22,31,43H,2-12,14-20H2,1H3,(H,28,35)(H,29,34)(H,30,37);1-2H3. The first kappa shape index (κ1) is 42.4. The molecule has 0 aromatic carbocycles. The highest BCUT2D eigenvalue weighted by molar-refractivity contribution is 7.81. The number of hydrogen-bond acceptors (Lipinski definition) is 12. The molecule has 2 atom stereocenters. The van der Waals surface area contributed by atoms with Crippen molar-refractivity contribution >= 4 is 48.5 Å². The number of rotatable bonds is 27. The number of hydrogen-bond donors (Lipinski definition) is 5. The number of carbonyl (C=O) groups excluding carboxylic acids is 6. The molecule has 1 rings (SSSR count). The van der Waals surface area contributed by atoms with Gasteiger partial charge in [-0.1, -0.05) is 20.3 Å². The van der Waals surface area contributed by atoms with Gasteiger partial charge < -0.3 is 39.8 Å². The van der Waals surface area contributed by atoms with Crippen LogP contribution >= 0.6 is 12.6 Å². The van der Waals surface area contributed by atoms with Crippen LogP contribution in [0.5, 0.6) is 0 Å². The average Bonchev–Trinajstić information content (AvgIpc) is 3.28. The first-order valence-electron chi connectivity index (χ1n) is 15.6. The van der Waals surface area contributed by atoms with Gasteiger partial charge in [0.25, 0.3) is 0 Å². The second kappa shape index (κ2) is 28.8. The monoisotopic (exact) mass is 663 g/mol. The van der Waals surface area contributed by atoms with Crippen molar-refractivity contribution in [3.8, 4) is 0 Å². The molecule has 5 amide bonds. The quantitative estimate of drug-likeness (QED) is 0.0260. The number of nitrogens with one attached hydrogen (secondary N) is 4. The second-order valence-electron chi connectivity index (χ2n) is 9.67. The van der Waals surface area contributed by atoms with Crippen LogP contribution in [0.1, 0.15) is 65.2 Å². The van der Waals surface area contributed by atoms with Crippen molar-refractivity contribution in [3.05, 3.63) is 0 Å². The molecule has 0 spiro atoms. The van der Waals surface area contributed by atoms with E-state index in [0.717, 1.165) is 6.42 Å². The largest absolute Gasteiger partial charge is 0.377 e. The molecule has 260 valence electrons. The summed E-state index contributed by atoms with van der Waals surface area (Å²) in [5.41, 5.74) is 2.59. The Labute approximate surface area is 271 Å². The van der Waals surface area contributed by atoms with Crippen LogP contribution < -0.4 is 21.4 Å². The normalized spacial score (nSPS) is 14.8. The lowest BCUT2D eigenvalue weighted by atomic mass is 10.1. The van der Waals surface area contributed by atoms with Crippen LogP contribution in [0, 0.1) is 0 Å². The van der Waals surface area contributed by atoms with Crippen molar-refractivity contribution in [1.29, 1.82) is 0 Å². The summed E-state index contributed by atoms with van der Waals surface area (Å²) in [6.45, 7) is 6.68. The van der Waals surface area contributed by atoms with Crippen molar-refractivity contribution in [3.63, 3.8) is 0 Å². The molecule has 1 saturated heterocycles. The minimum Gasteiger partial charge on any atom is -0.377 e. The fraction of sp³-hybridized carbons (Fsp3) is 0.793. The predicted octanol–water partition coefficient (Wildman–Crippen LogP) is -0.0825. The third-order valence-electron chi connectivity index (χ3n) is 6.23. The molecule has 1 aliphatic rings. The number of aldehydes is 1. The Morgan fingerprint density at radius 1 is 0.889 bits per heavy atom. The number of imide groups is 1. The van der Waals surface area contributed by atoms with Crippen LogP contribution in [0.15, 0.2) is 0 Å². The summed E-state index contributed by atoms with van der Waals surface area (Å²) in [5, 5.41) is 7.46. The molecular weight excluding hydrogens is 610 g/mol. The molecule has 0 radical (unpaired) electrons. The molecule has 0 aromatic rings. The first-order chi connectivity index (χ1) is 21.8. The number of thiol groups is 1. The topological polar surface area (TPSA) is 191 Å². The van der Waals surface area contributed by atoms with Gasteiger partial charge in [0.05, 0.1) is 51.9 Å². The molecule has 1 aliphatic heterocycles. The SMILES string of the molecule is CC.CONC(CCCCNC(=O)COCCOCCOCCNC(=O)CCCCCN1C(=O)CC(S)C1=O)C(=O)NCC=O. The number of hydroxylamine groups is 1. The highest BCUT2D eigenvalue weighted by atomic mass is 32.1. The van der Waals surface area contributed by atoms with E-state index in [0.29, 0.717) is 90.9 Å². The Morgan fingerprint density at radius 2 is 1.56 bits per heavy atom. The first-order valence-corrected chi connectivity index (χ1v) is 16.1. The molecule has 4 N–H and O–H groups in total. The van der Waals surface area contributed by atoms with Crippen molar-refractivity contribution in [2.75, 3.05) is 72.9 Å². The molecule has 45 heavy (non-hydrogen) atoms. The molecule has 1 heterocycles. The fourth-order valence-electron chi connectivity index (χ4n) is 3.99. The number of unbranched alkanes of at least 4 members (excludes halogenated alkanes) is 3. The van der Waals surface area contributed by atoms with Crippen LogP contribution in [0.4, 0.5) is 0 Å². The van der Waals surface area contributed by atoms with Crippen LogP contribution in [0.25, 0.3) is 0 Å². The van der Waals surface area contributed by atoms with E-state index >= 15 is 0 Å². The summed E-state index contributed by atoms with van der Waals surface area (Å²) in [5.74, 6) is -1.07. The molecule has 15 nitrogen and oxygen atoms in total. The number of likely N-dealkylation sites (tertiary alicyclic amines) is 1. The van der Waals surface area contributed by atoms with Crippen molar-refractivity contribution < 1.29 is 47.8 Å². The van der Waals surface area contributed by atoms with E-state index in [4.69, 9.17) is 19.0 Å². The van der Waals surface area contributed by atoms with E-state index in [9.17, 15) is 28.8 Å². The highest BCUT2D eigenvalue weighted by Crippen LogP contribution is 2.18. The lowest BCUT2D eigenvalue weighted by Crippen LogP contribution is -2.44. The minimum absolute atomic E-state index is 0.0600. The van der Waals surface area contributed by atoms with E-state index in [1.807, 2.05) is 13.8 Å². The Morgan fingerprint density at radius 3 is 2.20 bits per heavy atom. The van der Waals surface area contributed by atoms with Crippen molar-refractivity contribution in [2.24, 2.45) is 0 Å². The van der Waals surface area contributed by atoms with Crippen LogP contribution in [-0.4, -0.2) is 125 Å². The van der Waals surface area contributed by atoms with Crippen LogP contribution in [-0.2, 0) is 47.8 Å². The Hall–Kier alpha value is -2.63. The van der Waals surface area contributed by atoms with Crippen LogP contribution in [0.3, 0.4) is 0 Å². The summed E-state index contributed by atoms with van der Waals surface area (Å²) in [6, 6.07) is -0.584. The van der Waals surface area contributed by atoms with Gasteiger partial charge in [-0.15, -0.1) is 0 Å². The number of carbonyl (C=O) groups is 6. The molecule has 0 aliphatic carbocycles. The lowest BCUT2D eigenvalue weighted by molar-refractivity contribution is -0.138. The summed E-state index contributed by atoms with van der Waals surface area (Å²) >= 11 is 4.09. The van der Waals surface area contributed by atoms with Gasteiger partial charge in [0.1, 0.15) is 18.9 Å². The third-order valence-corrected chi connectivity index (χ3v) is 6.63. The summed E-state index contributed by atoms with van der Waals surface area (Å²) in [6.07, 6.45) is 5.00. The van der Waals surface area contributed by atoms with Gasteiger partial charge in [-0.3, -0.25) is 28.9 Å².